The minimum atomic E-state index is -0.148. The van der Waals surface area contributed by atoms with Crippen molar-refractivity contribution in [2.45, 2.75) is 6.17 Å². The Balaban J connectivity index is 1.32. The van der Waals surface area contributed by atoms with Gasteiger partial charge in [-0.15, -0.1) is 11.3 Å². The first-order valence-electron chi connectivity index (χ1n) is 14.3. The van der Waals surface area contributed by atoms with Crippen molar-refractivity contribution < 1.29 is 0 Å². The number of hydrogen-bond acceptors (Lipinski definition) is 3. The molecule has 2 aromatic heterocycles. The Hall–Kier alpha value is -5.19. The fraction of sp³-hybridized carbons (Fsp3) is 0.0263. The molecule has 0 fully saturated rings. The molecule has 6 aromatic carbocycles. The lowest BCUT2D eigenvalue weighted by Crippen LogP contribution is -2.20. The Kier molecular flexibility index (Phi) is 5.13. The molecule has 1 aliphatic rings. The third-order valence-electron chi connectivity index (χ3n) is 8.40. The van der Waals surface area contributed by atoms with Crippen LogP contribution in [-0.4, -0.2) is 10.3 Å². The van der Waals surface area contributed by atoms with Gasteiger partial charge in [0, 0.05) is 53.4 Å². The molecule has 8 aromatic rings. The molecule has 1 atom stereocenters. The predicted octanol–water partition coefficient (Wildman–Crippen LogP) is 10.1. The van der Waals surface area contributed by atoms with Gasteiger partial charge in [0.2, 0.25) is 0 Å². The number of nitrogens with zero attached hydrogens (tertiary/aromatic N) is 2. The van der Waals surface area contributed by atoms with Crippen LogP contribution in [0.2, 0.25) is 0 Å². The summed E-state index contributed by atoms with van der Waals surface area (Å²) in [7, 11) is 0. The van der Waals surface area contributed by atoms with E-state index in [2.05, 4.69) is 143 Å². The number of aromatic nitrogens is 1. The van der Waals surface area contributed by atoms with Gasteiger partial charge in [-0.25, -0.2) is 0 Å². The highest BCUT2D eigenvalue weighted by molar-refractivity contribution is 7.26. The van der Waals surface area contributed by atoms with Crippen molar-refractivity contribution in [3.8, 4) is 5.69 Å². The van der Waals surface area contributed by atoms with Gasteiger partial charge in [-0.2, -0.15) is 0 Å². The number of benzene rings is 6. The van der Waals surface area contributed by atoms with E-state index >= 15 is 0 Å². The number of anilines is 1. The highest BCUT2D eigenvalue weighted by Crippen LogP contribution is 2.43. The summed E-state index contributed by atoms with van der Waals surface area (Å²) in [6.07, 6.45) is -0.148. The van der Waals surface area contributed by atoms with Crippen LogP contribution in [0.3, 0.4) is 0 Å². The van der Waals surface area contributed by atoms with Gasteiger partial charge >= 0.3 is 0 Å². The van der Waals surface area contributed by atoms with E-state index in [1.807, 2.05) is 17.4 Å². The molecule has 3 heterocycles. The summed E-state index contributed by atoms with van der Waals surface area (Å²) in [4.78, 5) is 5.29. The van der Waals surface area contributed by atoms with Gasteiger partial charge in [0.1, 0.15) is 6.17 Å². The molecule has 0 saturated heterocycles. The lowest BCUT2D eigenvalue weighted by molar-refractivity contribution is 0.828. The highest BCUT2D eigenvalue weighted by atomic mass is 32.1. The quantitative estimate of drug-likeness (QED) is 0.231. The molecular formula is C38H25N3S. The number of rotatable bonds is 3. The summed E-state index contributed by atoms with van der Waals surface area (Å²) < 4.78 is 5.09. The maximum Gasteiger partial charge on any atom is 0.145 e. The maximum atomic E-state index is 5.29. The summed E-state index contributed by atoms with van der Waals surface area (Å²) in [6, 6.07) is 50.0. The van der Waals surface area contributed by atoms with Crippen molar-refractivity contribution in [2.75, 3.05) is 5.32 Å². The first-order chi connectivity index (χ1) is 20.8. The van der Waals surface area contributed by atoms with Crippen molar-refractivity contribution in [1.82, 2.24) is 4.57 Å². The second-order valence-electron chi connectivity index (χ2n) is 10.8. The highest BCUT2D eigenvalue weighted by Gasteiger charge is 2.23. The van der Waals surface area contributed by atoms with E-state index in [9.17, 15) is 0 Å². The van der Waals surface area contributed by atoms with Crippen LogP contribution in [0.1, 0.15) is 22.9 Å². The molecule has 0 radical (unpaired) electrons. The molecule has 9 rings (SSSR count). The van der Waals surface area contributed by atoms with Crippen LogP contribution in [0.25, 0.3) is 47.7 Å². The topological polar surface area (TPSA) is 29.3 Å². The first kappa shape index (κ1) is 23.5. The van der Waals surface area contributed by atoms with Gasteiger partial charge in [0.25, 0.3) is 0 Å². The Morgan fingerprint density at radius 1 is 0.619 bits per heavy atom. The Morgan fingerprint density at radius 3 is 2.33 bits per heavy atom. The standard InChI is InChI=1S/C38H25N3S/c1-2-11-24(12-3-1)38-39-31-18-7-4-16-29(31)36(40-38)25-13-10-14-26(23-25)41-32-19-8-5-15-27(32)28-21-22-34-35(37(28)41)30-17-6-9-20-33(30)42-34/h1-23,38-39H. The Bertz CT molecular complexity index is 2340. The van der Waals surface area contributed by atoms with E-state index in [1.165, 1.54) is 42.0 Å². The minimum Gasteiger partial charge on any atom is -0.360 e. The molecule has 0 spiro atoms. The smallest absolute Gasteiger partial charge is 0.145 e. The van der Waals surface area contributed by atoms with Crippen LogP contribution in [0.5, 0.6) is 0 Å². The van der Waals surface area contributed by atoms with E-state index < -0.39 is 0 Å². The Morgan fingerprint density at radius 2 is 1.40 bits per heavy atom. The molecule has 42 heavy (non-hydrogen) atoms. The molecular weight excluding hydrogens is 531 g/mol. The van der Waals surface area contributed by atoms with Crippen molar-refractivity contribution >= 4 is 64.7 Å². The number of aliphatic imine (C=N–C) groups is 1. The lowest BCUT2D eigenvalue weighted by Gasteiger charge is -2.26. The summed E-state index contributed by atoms with van der Waals surface area (Å²) in [5.74, 6) is 0. The van der Waals surface area contributed by atoms with Crippen LogP contribution in [0.15, 0.2) is 145 Å². The van der Waals surface area contributed by atoms with E-state index in [-0.39, 0.29) is 6.17 Å². The largest absolute Gasteiger partial charge is 0.360 e. The van der Waals surface area contributed by atoms with Crippen LogP contribution >= 0.6 is 11.3 Å². The molecule has 1 N–H and O–H groups in total. The number of hydrogen-bond donors (Lipinski definition) is 1. The second-order valence-corrected chi connectivity index (χ2v) is 11.9. The van der Waals surface area contributed by atoms with E-state index in [0.29, 0.717) is 0 Å². The molecule has 4 heteroatoms. The summed E-state index contributed by atoms with van der Waals surface area (Å²) in [6.45, 7) is 0. The van der Waals surface area contributed by atoms with Crippen molar-refractivity contribution in [2.24, 2.45) is 4.99 Å². The van der Waals surface area contributed by atoms with Gasteiger partial charge in [0.15, 0.2) is 0 Å². The van der Waals surface area contributed by atoms with Gasteiger partial charge in [0.05, 0.1) is 16.7 Å². The van der Waals surface area contributed by atoms with Crippen LogP contribution < -0.4 is 5.32 Å². The fourth-order valence-electron chi connectivity index (χ4n) is 6.54. The molecule has 1 unspecified atom stereocenters. The average Bonchev–Trinajstić information content (AvgIpc) is 3.60. The summed E-state index contributed by atoms with van der Waals surface area (Å²) in [5, 5.41) is 8.83. The van der Waals surface area contributed by atoms with Gasteiger partial charge in [-0.05, 0) is 42.0 Å². The lowest BCUT2D eigenvalue weighted by atomic mass is 9.97. The molecule has 1 aliphatic heterocycles. The van der Waals surface area contributed by atoms with Crippen LogP contribution in [0, 0.1) is 0 Å². The Labute approximate surface area is 247 Å². The normalized spacial score (nSPS) is 14.8. The maximum absolute atomic E-state index is 5.29. The van der Waals surface area contributed by atoms with Crippen LogP contribution in [-0.2, 0) is 0 Å². The molecule has 3 nitrogen and oxygen atoms in total. The van der Waals surface area contributed by atoms with Crippen molar-refractivity contribution in [3.05, 3.63) is 156 Å². The predicted molar refractivity (Wildman–Crippen MR) is 179 cm³/mol. The zero-order valence-corrected chi connectivity index (χ0v) is 23.5. The number of nitrogens with one attached hydrogen (secondary N) is 1. The monoisotopic (exact) mass is 555 g/mol. The third kappa shape index (κ3) is 3.49. The zero-order valence-electron chi connectivity index (χ0n) is 22.7. The molecule has 198 valence electrons. The molecule has 0 bridgehead atoms. The van der Waals surface area contributed by atoms with E-state index in [0.717, 1.165) is 33.8 Å². The molecule has 0 aliphatic carbocycles. The number of thiophene rings is 1. The van der Waals surface area contributed by atoms with Gasteiger partial charge < -0.3 is 9.88 Å². The third-order valence-corrected chi connectivity index (χ3v) is 9.54. The van der Waals surface area contributed by atoms with Gasteiger partial charge in [-0.1, -0.05) is 103 Å². The minimum absolute atomic E-state index is 0.148. The average molecular weight is 556 g/mol. The fourth-order valence-corrected chi connectivity index (χ4v) is 7.65. The summed E-state index contributed by atoms with van der Waals surface area (Å²) >= 11 is 1.87. The second kappa shape index (κ2) is 9.16. The number of para-hydroxylation sites is 2. The van der Waals surface area contributed by atoms with Gasteiger partial charge in [-0.3, -0.25) is 4.99 Å². The van der Waals surface area contributed by atoms with Crippen molar-refractivity contribution in [1.29, 1.82) is 0 Å². The first-order valence-corrected chi connectivity index (χ1v) is 15.1. The molecule has 0 saturated carbocycles. The summed E-state index contributed by atoms with van der Waals surface area (Å²) in [5.41, 5.74) is 9.09. The van der Waals surface area contributed by atoms with Crippen LogP contribution in [0.4, 0.5) is 5.69 Å². The van der Waals surface area contributed by atoms with Crippen molar-refractivity contribution in [3.63, 3.8) is 0 Å². The van der Waals surface area contributed by atoms with E-state index in [4.69, 9.17) is 4.99 Å². The van der Waals surface area contributed by atoms with E-state index in [1.54, 1.807) is 0 Å². The zero-order chi connectivity index (χ0) is 27.6. The SMILES string of the molecule is c1ccc(C2N=C(c3cccc(-n4c5ccccc5c5ccc6sc7ccccc7c6c54)c3)c3ccccc3N2)cc1. The number of fused-ring (bicyclic) bond motifs is 8. The molecule has 0 amide bonds.